The van der Waals surface area contributed by atoms with E-state index in [1.54, 1.807) is 7.05 Å². The molecule has 0 unspecified atom stereocenters. The van der Waals surface area contributed by atoms with Crippen LogP contribution in [0.4, 0.5) is 8.78 Å². The van der Waals surface area contributed by atoms with Crippen LogP contribution in [0.25, 0.3) is 0 Å². The molecule has 0 spiro atoms. The van der Waals surface area contributed by atoms with E-state index in [-0.39, 0.29) is 36.1 Å². The van der Waals surface area contributed by atoms with Gasteiger partial charge >= 0.3 is 0 Å². The summed E-state index contributed by atoms with van der Waals surface area (Å²) in [5.74, 6) is -0.253. The molecule has 0 aliphatic carbocycles. The van der Waals surface area contributed by atoms with E-state index >= 15 is 0 Å². The van der Waals surface area contributed by atoms with Gasteiger partial charge in [-0.2, -0.15) is 0 Å². The Kier molecular flexibility index (Phi) is 9.29. The van der Waals surface area contributed by atoms with E-state index in [1.807, 2.05) is 0 Å². The number of aryl methyl sites for hydroxylation is 1. The van der Waals surface area contributed by atoms with Crippen LogP contribution < -0.4 is 10.6 Å². The Labute approximate surface area is 188 Å². The Bertz CT molecular complexity index is 820. The van der Waals surface area contributed by atoms with Gasteiger partial charge in [-0.1, -0.05) is 24.3 Å². The molecule has 2 aromatic carbocycles. The van der Waals surface area contributed by atoms with Crippen molar-refractivity contribution < 1.29 is 8.78 Å². The molecule has 1 saturated heterocycles. The summed E-state index contributed by atoms with van der Waals surface area (Å²) in [4.78, 5) is 6.68. The number of rotatable bonds is 5. The molecule has 0 amide bonds. The maximum Gasteiger partial charge on any atom is 0.191 e. The Balaban J connectivity index is 0.00000300. The van der Waals surface area contributed by atoms with E-state index in [9.17, 15) is 8.78 Å². The van der Waals surface area contributed by atoms with Gasteiger partial charge in [0, 0.05) is 44.8 Å². The number of nitrogens with one attached hydrogen (secondary N) is 2. The van der Waals surface area contributed by atoms with Crippen molar-refractivity contribution in [1.82, 2.24) is 15.5 Å². The van der Waals surface area contributed by atoms with Crippen LogP contribution in [0.2, 0.25) is 0 Å². The summed E-state index contributed by atoms with van der Waals surface area (Å²) in [5.41, 5.74) is 3.00. The van der Waals surface area contributed by atoms with Gasteiger partial charge in [0.25, 0.3) is 0 Å². The monoisotopic (exact) mass is 514 g/mol. The van der Waals surface area contributed by atoms with Gasteiger partial charge in [-0.3, -0.25) is 9.89 Å². The summed E-state index contributed by atoms with van der Waals surface area (Å²) < 4.78 is 27.1. The van der Waals surface area contributed by atoms with Crippen LogP contribution in [0.1, 0.15) is 29.5 Å². The number of nitrogens with zero attached hydrogens (tertiary/aromatic N) is 2. The number of likely N-dealkylation sites (tertiary alicyclic amines) is 1. The topological polar surface area (TPSA) is 39.7 Å². The lowest BCUT2D eigenvalue weighted by Gasteiger charge is -2.33. The van der Waals surface area contributed by atoms with Crippen LogP contribution in [0.15, 0.2) is 47.5 Å². The van der Waals surface area contributed by atoms with Gasteiger partial charge in [0.1, 0.15) is 11.6 Å². The zero-order chi connectivity index (χ0) is 19.9. The van der Waals surface area contributed by atoms with Gasteiger partial charge in [0.15, 0.2) is 5.96 Å². The lowest BCUT2D eigenvalue weighted by molar-refractivity contribution is 0.198. The molecule has 0 radical (unpaired) electrons. The molecule has 0 atom stereocenters. The maximum atomic E-state index is 13.8. The summed E-state index contributed by atoms with van der Waals surface area (Å²) in [6.45, 7) is 5.35. The van der Waals surface area contributed by atoms with Crippen LogP contribution in [0.5, 0.6) is 0 Å². The Morgan fingerprint density at radius 2 is 1.83 bits per heavy atom. The van der Waals surface area contributed by atoms with Gasteiger partial charge in [0.2, 0.25) is 0 Å². The van der Waals surface area contributed by atoms with Crippen molar-refractivity contribution in [2.24, 2.45) is 4.99 Å². The van der Waals surface area contributed by atoms with E-state index < -0.39 is 11.6 Å². The highest BCUT2D eigenvalue weighted by Crippen LogP contribution is 2.16. The van der Waals surface area contributed by atoms with E-state index in [0.717, 1.165) is 44.6 Å². The molecule has 1 fully saturated rings. The fourth-order valence-electron chi connectivity index (χ4n) is 3.51. The number of hydrogen-bond donors (Lipinski definition) is 2. The zero-order valence-corrected chi connectivity index (χ0v) is 19.3. The molecule has 0 aromatic heterocycles. The van der Waals surface area contributed by atoms with Crippen molar-refractivity contribution in [3.63, 3.8) is 0 Å². The summed E-state index contributed by atoms with van der Waals surface area (Å²) in [6.07, 6.45) is 2.03. The average Bonchev–Trinajstić information content (AvgIpc) is 2.70. The second-order valence-corrected chi connectivity index (χ2v) is 7.28. The molecule has 0 saturated carbocycles. The van der Waals surface area contributed by atoms with Crippen molar-refractivity contribution in [3.8, 4) is 0 Å². The molecule has 2 aromatic rings. The molecule has 0 bridgehead atoms. The smallest absolute Gasteiger partial charge is 0.191 e. The molecular weight excluding hydrogens is 485 g/mol. The summed E-state index contributed by atoms with van der Waals surface area (Å²) >= 11 is 0. The van der Waals surface area contributed by atoms with Crippen LogP contribution in [0.3, 0.4) is 0 Å². The highest BCUT2D eigenvalue weighted by Gasteiger charge is 2.20. The van der Waals surface area contributed by atoms with Crippen molar-refractivity contribution in [3.05, 3.63) is 70.8 Å². The zero-order valence-electron chi connectivity index (χ0n) is 16.9. The summed E-state index contributed by atoms with van der Waals surface area (Å²) in [5, 5.41) is 6.48. The summed E-state index contributed by atoms with van der Waals surface area (Å²) in [6, 6.07) is 12.3. The highest BCUT2D eigenvalue weighted by molar-refractivity contribution is 14.0. The van der Waals surface area contributed by atoms with Gasteiger partial charge in [-0.15, -0.1) is 24.0 Å². The van der Waals surface area contributed by atoms with Crippen LogP contribution in [0, 0.1) is 18.6 Å². The Hall–Kier alpha value is -1.74. The molecule has 1 heterocycles. The van der Waals surface area contributed by atoms with Gasteiger partial charge in [-0.05, 0) is 49.1 Å². The molecule has 7 heteroatoms. The lowest BCUT2D eigenvalue weighted by atomic mass is 10.0. The molecule has 2 N–H and O–H groups in total. The second-order valence-electron chi connectivity index (χ2n) is 7.28. The fraction of sp³-hybridized carbons (Fsp3) is 0.409. The SMILES string of the molecule is CN=C(NCc1cc(F)ccc1F)NC1CCN(Cc2ccccc2C)CC1.I. The maximum absolute atomic E-state index is 13.8. The first-order chi connectivity index (χ1) is 13.5. The number of halogens is 3. The summed E-state index contributed by atoms with van der Waals surface area (Å²) in [7, 11) is 1.69. The molecule has 4 nitrogen and oxygen atoms in total. The molecule has 158 valence electrons. The molecular formula is C22H29F2IN4. The van der Waals surface area contributed by atoms with Gasteiger partial charge in [-0.25, -0.2) is 8.78 Å². The van der Waals surface area contributed by atoms with E-state index in [1.165, 1.54) is 17.2 Å². The predicted octanol–water partition coefficient (Wildman–Crippen LogP) is 4.22. The van der Waals surface area contributed by atoms with Crippen molar-refractivity contribution >= 4 is 29.9 Å². The minimum atomic E-state index is -0.442. The third-order valence-corrected chi connectivity index (χ3v) is 5.26. The lowest BCUT2D eigenvalue weighted by Crippen LogP contribution is -2.48. The third-order valence-electron chi connectivity index (χ3n) is 5.26. The molecule has 3 rings (SSSR count). The number of hydrogen-bond acceptors (Lipinski definition) is 2. The van der Waals surface area contributed by atoms with E-state index in [0.29, 0.717) is 12.0 Å². The Morgan fingerprint density at radius 3 is 2.52 bits per heavy atom. The van der Waals surface area contributed by atoms with Crippen LogP contribution >= 0.6 is 24.0 Å². The first kappa shape index (κ1) is 23.5. The molecule has 1 aliphatic rings. The predicted molar refractivity (Wildman–Crippen MR) is 125 cm³/mol. The average molecular weight is 514 g/mol. The largest absolute Gasteiger partial charge is 0.354 e. The standard InChI is InChI=1S/C22H28F2N4.HI/c1-16-5-3-4-6-17(16)15-28-11-9-20(10-12-28)27-22(25-2)26-14-18-13-19(23)7-8-21(18)24;/h3-8,13,20H,9-12,14-15H2,1-2H3,(H2,25,26,27);1H. The number of piperidine rings is 1. The van der Waals surface area contributed by atoms with E-state index in [2.05, 4.69) is 51.7 Å². The minimum absolute atomic E-state index is 0. The van der Waals surface area contributed by atoms with Gasteiger partial charge in [0.05, 0.1) is 0 Å². The van der Waals surface area contributed by atoms with Crippen LogP contribution in [-0.2, 0) is 13.1 Å². The third kappa shape index (κ3) is 6.92. The quantitative estimate of drug-likeness (QED) is 0.357. The first-order valence-corrected chi connectivity index (χ1v) is 9.73. The Morgan fingerprint density at radius 1 is 1.10 bits per heavy atom. The second kappa shape index (κ2) is 11.4. The minimum Gasteiger partial charge on any atom is -0.354 e. The van der Waals surface area contributed by atoms with Crippen molar-refractivity contribution in [2.75, 3.05) is 20.1 Å². The number of guanidine groups is 1. The number of benzene rings is 2. The molecule has 1 aliphatic heterocycles. The normalized spacial score (nSPS) is 15.7. The van der Waals surface area contributed by atoms with E-state index in [4.69, 9.17) is 0 Å². The van der Waals surface area contributed by atoms with Crippen molar-refractivity contribution in [1.29, 1.82) is 0 Å². The van der Waals surface area contributed by atoms with Crippen molar-refractivity contribution in [2.45, 2.75) is 38.9 Å². The molecule has 29 heavy (non-hydrogen) atoms. The number of aliphatic imine (C=N–C) groups is 1. The fourth-order valence-corrected chi connectivity index (χ4v) is 3.51. The first-order valence-electron chi connectivity index (χ1n) is 9.73. The highest BCUT2D eigenvalue weighted by atomic mass is 127. The van der Waals surface area contributed by atoms with Crippen LogP contribution in [-0.4, -0.2) is 37.0 Å². The van der Waals surface area contributed by atoms with Gasteiger partial charge < -0.3 is 10.6 Å².